The van der Waals surface area contributed by atoms with Crippen molar-refractivity contribution in [3.8, 4) is 0 Å². The molecule has 2 heterocycles. The van der Waals surface area contributed by atoms with Crippen LogP contribution in [0, 0.1) is 0 Å². The van der Waals surface area contributed by atoms with Crippen molar-refractivity contribution in [1.82, 2.24) is 0 Å². The molecule has 5 nitrogen and oxygen atoms in total. The van der Waals surface area contributed by atoms with Crippen molar-refractivity contribution in [3.63, 3.8) is 0 Å². The zero-order valence-corrected chi connectivity index (χ0v) is 14.2. The Morgan fingerprint density at radius 1 is 0.920 bits per heavy atom. The summed E-state index contributed by atoms with van der Waals surface area (Å²) >= 11 is 1.46. The van der Waals surface area contributed by atoms with Crippen molar-refractivity contribution in [2.24, 2.45) is 0 Å². The van der Waals surface area contributed by atoms with E-state index in [4.69, 9.17) is 13.9 Å². The molecule has 2 aromatic rings. The van der Waals surface area contributed by atoms with E-state index in [9.17, 15) is 9.59 Å². The van der Waals surface area contributed by atoms with Crippen molar-refractivity contribution in [2.45, 2.75) is 41.5 Å². The van der Waals surface area contributed by atoms with Gasteiger partial charge in [0, 0.05) is 23.8 Å². The molecule has 1 aliphatic carbocycles. The minimum atomic E-state index is -1.05. The number of benzene rings is 1. The lowest BCUT2D eigenvalue weighted by molar-refractivity contribution is -0.232. The average Bonchev–Trinajstić information content (AvgIpc) is 3.22. The van der Waals surface area contributed by atoms with Gasteiger partial charge in [-0.25, -0.2) is 9.59 Å². The predicted molar refractivity (Wildman–Crippen MR) is 90.6 cm³/mol. The SMILES string of the molecule is O=C1OC2(CCCC2)OC(=O)C1=Cc1ccc(Sc2ccccc2)o1. The first kappa shape index (κ1) is 16.0. The summed E-state index contributed by atoms with van der Waals surface area (Å²) in [5.74, 6) is -1.94. The predicted octanol–water partition coefficient (Wildman–Crippen LogP) is 4.18. The fraction of sp³-hybridized carbons (Fsp3) is 0.263. The molecule has 1 aromatic carbocycles. The third kappa shape index (κ3) is 3.35. The summed E-state index contributed by atoms with van der Waals surface area (Å²) < 4.78 is 16.5. The molecule has 2 aliphatic rings. The number of esters is 2. The van der Waals surface area contributed by atoms with E-state index in [2.05, 4.69) is 0 Å². The minimum absolute atomic E-state index is 0.136. The van der Waals surface area contributed by atoms with E-state index in [0.717, 1.165) is 17.7 Å². The van der Waals surface area contributed by atoms with Gasteiger partial charge in [-0.15, -0.1) is 0 Å². The van der Waals surface area contributed by atoms with Crippen LogP contribution in [-0.2, 0) is 19.1 Å². The average molecular weight is 356 g/mol. The van der Waals surface area contributed by atoms with Crippen molar-refractivity contribution < 1.29 is 23.5 Å². The molecular formula is C19H16O5S. The second kappa shape index (κ2) is 6.44. The number of hydrogen-bond acceptors (Lipinski definition) is 6. The highest BCUT2D eigenvalue weighted by atomic mass is 32.2. The number of hydrogen-bond donors (Lipinski definition) is 0. The van der Waals surface area contributed by atoms with Crippen molar-refractivity contribution in [2.75, 3.05) is 0 Å². The lowest BCUT2D eigenvalue weighted by atomic mass is 10.1. The second-order valence-electron chi connectivity index (χ2n) is 6.03. The Morgan fingerprint density at radius 3 is 2.28 bits per heavy atom. The van der Waals surface area contributed by atoms with Crippen LogP contribution in [0.3, 0.4) is 0 Å². The fourth-order valence-electron chi connectivity index (χ4n) is 3.00. The van der Waals surface area contributed by atoms with Crippen molar-refractivity contribution in [1.29, 1.82) is 0 Å². The van der Waals surface area contributed by atoms with Gasteiger partial charge >= 0.3 is 11.9 Å². The molecule has 1 aliphatic heterocycles. The second-order valence-corrected chi connectivity index (χ2v) is 7.10. The van der Waals surface area contributed by atoms with Gasteiger partial charge in [-0.05, 0) is 37.1 Å². The molecule has 128 valence electrons. The molecule has 0 unspecified atom stereocenters. The summed E-state index contributed by atoms with van der Waals surface area (Å²) in [5, 5.41) is 0.669. The molecule has 1 spiro atoms. The molecule has 0 bridgehead atoms. The first-order chi connectivity index (χ1) is 12.1. The summed E-state index contributed by atoms with van der Waals surface area (Å²) in [7, 11) is 0. The minimum Gasteiger partial charge on any atom is -0.450 e. The maximum Gasteiger partial charge on any atom is 0.349 e. The molecule has 1 saturated carbocycles. The van der Waals surface area contributed by atoms with Crippen LogP contribution in [0.4, 0.5) is 0 Å². The van der Waals surface area contributed by atoms with Crippen LogP contribution in [0.1, 0.15) is 31.4 Å². The van der Waals surface area contributed by atoms with Crippen molar-refractivity contribution >= 4 is 29.8 Å². The topological polar surface area (TPSA) is 65.7 Å². The van der Waals surface area contributed by atoms with Gasteiger partial charge in [0.1, 0.15) is 11.3 Å². The Kier molecular flexibility index (Phi) is 4.13. The van der Waals surface area contributed by atoms with Gasteiger partial charge in [0.15, 0.2) is 5.09 Å². The number of carbonyl (C=O) groups is 2. The molecular weight excluding hydrogens is 340 g/mol. The third-order valence-electron chi connectivity index (χ3n) is 4.21. The number of ether oxygens (including phenoxy) is 2. The number of carbonyl (C=O) groups excluding carboxylic acids is 2. The molecule has 0 radical (unpaired) electrons. The Bertz CT molecular complexity index is 809. The molecule has 0 amide bonds. The van der Waals surface area contributed by atoms with Crippen LogP contribution >= 0.6 is 11.8 Å². The maximum atomic E-state index is 12.2. The zero-order chi connectivity index (χ0) is 17.3. The molecule has 0 atom stereocenters. The molecule has 1 saturated heterocycles. The van der Waals surface area contributed by atoms with E-state index >= 15 is 0 Å². The molecule has 4 rings (SSSR count). The van der Waals surface area contributed by atoms with E-state index in [1.807, 2.05) is 30.3 Å². The first-order valence-electron chi connectivity index (χ1n) is 8.15. The van der Waals surface area contributed by atoms with E-state index in [1.165, 1.54) is 17.8 Å². The van der Waals surface area contributed by atoms with Gasteiger partial charge in [-0.3, -0.25) is 0 Å². The number of rotatable bonds is 3. The van der Waals surface area contributed by atoms with Crippen LogP contribution in [0.15, 0.2) is 62.4 Å². The standard InChI is InChI=1S/C19H16O5S/c20-17-15(18(21)24-19(23-17)10-4-5-11-19)12-13-8-9-16(22-13)25-14-6-2-1-3-7-14/h1-3,6-9,12H,4-5,10-11H2. The van der Waals surface area contributed by atoms with E-state index in [-0.39, 0.29) is 5.57 Å². The van der Waals surface area contributed by atoms with Crippen LogP contribution in [-0.4, -0.2) is 17.7 Å². The van der Waals surface area contributed by atoms with Crippen LogP contribution in [0.2, 0.25) is 0 Å². The molecule has 25 heavy (non-hydrogen) atoms. The van der Waals surface area contributed by atoms with Crippen molar-refractivity contribution in [3.05, 3.63) is 53.8 Å². The normalized spacial score (nSPS) is 19.0. The summed E-state index contributed by atoms with van der Waals surface area (Å²) in [4.78, 5) is 25.5. The van der Waals surface area contributed by atoms with Crippen LogP contribution < -0.4 is 0 Å². The Morgan fingerprint density at radius 2 is 1.60 bits per heavy atom. The highest BCUT2D eigenvalue weighted by Gasteiger charge is 2.48. The van der Waals surface area contributed by atoms with Gasteiger partial charge < -0.3 is 13.9 Å². The lowest BCUT2D eigenvalue weighted by Crippen LogP contribution is -2.44. The first-order valence-corrected chi connectivity index (χ1v) is 8.96. The molecule has 0 N–H and O–H groups in total. The van der Waals surface area contributed by atoms with Crippen LogP contribution in [0.25, 0.3) is 6.08 Å². The smallest absolute Gasteiger partial charge is 0.349 e. The van der Waals surface area contributed by atoms with Gasteiger partial charge in [-0.1, -0.05) is 30.0 Å². The van der Waals surface area contributed by atoms with Gasteiger partial charge in [0.2, 0.25) is 0 Å². The largest absolute Gasteiger partial charge is 0.450 e. The number of furan rings is 1. The highest BCUT2D eigenvalue weighted by molar-refractivity contribution is 7.99. The Balaban J connectivity index is 1.51. The van der Waals surface area contributed by atoms with Gasteiger partial charge in [-0.2, -0.15) is 0 Å². The van der Waals surface area contributed by atoms with E-state index in [1.54, 1.807) is 12.1 Å². The van der Waals surface area contributed by atoms with Gasteiger partial charge in [0.05, 0.1) is 0 Å². The van der Waals surface area contributed by atoms with E-state index in [0.29, 0.717) is 23.7 Å². The summed E-state index contributed by atoms with van der Waals surface area (Å²) in [6, 6.07) is 13.3. The monoisotopic (exact) mass is 356 g/mol. The molecule has 1 aromatic heterocycles. The third-order valence-corrected chi connectivity index (χ3v) is 5.14. The molecule has 2 fully saturated rings. The highest BCUT2D eigenvalue weighted by Crippen LogP contribution is 2.39. The van der Waals surface area contributed by atoms with Crippen LogP contribution in [0.5, 0.6) is 0 Å². The summed E-state index contributed by atoms with van der Waals surface area (Å²) in [6.07, 6.45) is 4.28. The molecule has 6 heteroatoms. The zero-order valence-electron chi connectivity index (χ0n) is 13.4. The quantitative estimate of drug-likeness (QED) is 0.467. The lowest BCUT2D eigenvalue weighted by Gasteiger charge is -2.32. The maximum absolute atomic E-state index is 12.2. The van der Waals surface area contributed by atoms with Gasteiger partial charge in [0.25, 0.3) is 5.79 Å². The Labute approximate surface area is 149 Å². The fourth-order valence-corrected chi connectivity index (χ4v) is 3.80. The Hall–Kier alpha value is -2.47. The summed E-state index contributed by atoms with van der Waals surface area (Å²) in [6.45, 7) is 0. The summed E-state index contributed by atoms with van der Waals surface area (Å²) in [5.41, 5.74) is -0.136. The van der Waals surface area contributed by atoms with E-state index < -0.39 is 17.7 Å².